The number of likely N-dealkylation sites (tertiary alicyclic amines) is 1. The van der Waals surface area contributed by atoms with Crippen LogP contribution in [0, 0.1) is 5.92 Å². The molecule has 150 valence electrons. The van der Waals surface area contributed by atoms with E-state index in [-0.39, 0.29) is 17.0 Å². The van der Waals surface area contributed by atoms with E-state index in [2.05, 4.69) is 64.8 Å². The number of amides is 1. The van der Waals surface area contributed by atoms with Crippen LogP contribution in [-0.4, -0.2) is 21.6 Å². The zero-order valence-corrected chi connectivity index (χ0v) is 18.3. The molecule has 1 amide bonds. The Morgan fingerprint density at radius 3 is 2.33 bits per heavy atom. The number of hydrogen-bond donors (Lipinski definition) is 1. The van der Waals surface area contributed by atoms with Gasteiger partial charge < -0.3 is 0 Å². The standard InChI is InChI=1S/C24H39N2O/c1-8-10-13-20-16-23(4,5)26(19(3)27,24(6,7)17-20)25-18-22-15-12-11-14-21(22)9-2/h9,11-12,14-15,20,25H,2,8,10,13,16-18H2,1,3-7H3/q+1. The molecule has 0 atom stereocenters. The van der Waals surface area contributed by atoms with E-state index in [4.69, 9.17) is 0 Å². The molecule has 27 heavy (non-hydrogen) atoms. The van der Waals surface area contributed by atoms with Crippen LogP contribution < -0.4 is 5.43 Å². The number of quaternary nitrogens is 1. The smallest absolute Gasteiger partial charge is 0.229 e. The molecule has 0 unspecified atom stereocenters. The van der Waals surface area contributed by atoms with Gasteiger partial charge >= 0.3 is 5.91 Å². The molecule has 3 heteroatoms. The third-order valence-electron chi connectivity index (χ3n) is 6.61. The van der Waals surface area contributed by atoms with E-state index in [0.717, 1.165) is 18.4 Å². The van der Waals surface area contributed by atoms with Crippen molar-refractivity contribution in [2.75, 3.05) is 0 Å². The number of hydrogen-bond acceptors (Lipinski definition) is 2. The van der Waals surface area contributed by atoms with Gasteiger partial charge in [0.1, 0.15) is 11.1 Å². The van der Waals surface area contributed by atoms with Crippen molar-refractivity contribution in [2.45, 2.75) is 91.3 Å². The summed E-state index contributed by atoms with van der Waals surface area (Å²) in [5.74, 6) is 0.887. The van der Waals surface area contributed by atoms with Crippen LogP contribution in [0.4, 0.5) is 0 Å². The van der Waals surface area contributed by atoms with Crippen molar-refractivity contribution in [3.8, 4) is 0 Å². The van der Waals surface area contributed by atoms with E-state index in [0.29, 0.717) is 17.1 Å². The summed E-state index contributed by atoms with van der Waals surface area (Å²) in [4.78, 5) is 13.1. The highest BCUT2D eigenvalue weighted by Gasteiger charge is 2.62. The second-order valence-electron chi connectivity index (χ2n) is 9.47. The zero-order valence-electron chi connectivity index (χ0n) is 18.3. The quantitative estimate of drug-likeness (QED) is 0.609. The van der Waals surface area contributed by atoms with Crippen molar-refractivity contribution < 1.29 is 9.39 Å². The number of piperidine rings is 1. The van der Waals surface area contributed by atoms with Crippen LogP contribution in [0.2, 0.25) is 0 Å². The molecule has 1 aromatic rings. The monoisotopic (exact) mass is 371 g/mol. The maximum absolute atomic E-state index is 13.1. The van der Waals surface area contributed by atoms with Crippen LogP contribution in [0.5, 0.6) is 0 Å². The number of rotatable bonds is 7. The molecule has 0 bridgehead atoms. The molecule has 1 saturated heterocycles. The van der Waals surface area contributed by atoms with Gasteiger partial charge in [0.05, 0.1) is 13.5 Å². The molecule has 1 aliphatic rings. The lowest BCUT2D eigenvalue weighted by Crippen LogP contribution is -2.81. The van der Waals surface area contributed by atoms with Crippen LogP contribution in [0.25, 0.3) is 6.08 Å². The highest BCUT2D eigenvalue weighted by Crippen LogP contribution is 2.48. The summed E-state index contributed by atoms with van der Waals surface area (Å²) < 4.78 is 0.327. The van der Waals surface area contributed by atoms with Crippen LogP contribution in [0.3, 0.4) is 0 Å². The minimum Gasteiger partial charge on any atom is -0.229 e. The van der Waals surface area contributed by atoms with Crippen molar-refractivity contribution >= 4 is 12.0 Å². The van der Waals surface area contributed by atoms with E-state index in [1.54, 1.807) is 6.92 Å². The fraction of sp³-hybridized carbons (Fsp3) is 0.625. The Balaban J connectivity index is 2.37. The fourth-order valence-corrected chi connectivity index (χ4v) is 5.77. The van der Waals surface area contributed by atoms with Crippen LogP contribution >= 0.6 is 0 Å². The van der Waals surface area contributed by atoms with Crippen molar-refractivity contribution in [1.82, 2.24) is 5.43 Å². The molecule has 0 spiro atoms. The number of benzene rings is 1. The van der Waals surface area contributed by atoms with Crippen molar-refractivity contribution in [2.24, 2.45) is 5.92 Å². The number of nitrogens with one attached hydrogen (secondary N) is 1. The van der Waals surface area contributed by atoms with E-state index in [1.165, 1.54) is 24.8 Å². The van der Waals surface area contributed by atoms with Crippen molar-refractivity contribution in [1.29, 1.82) is 0 Å². The summed E-state index contributed by atoms with van der Waals surface area (Å²) >= 11 is 0. The van der Waals surface area contributed by atoms with E-state index in [1.807, 2.05) is 12.1 Å². The summed E-state index contributed by atoms with van der Waals surface area (Å²) in [6.45, 7) is 17.7. The Kier molecular flexibility index (Phi) is 6.70. The normalized spacial score (nSPS) is 26.5. The Morgan fingerprint density at radius 2 is 1.81 bits per heavy atom. The first kappa shape index (κ1) is 21.8. The fourth-order valence-electron chi connectivity index (χ4n) is 5.77. The van der Waals surface area contributed by atoms with Crippen LogP contribution in [0.1, 0.15) is 84.8 Å². The Bertz CT molecular complexity index is 657. The molecular formula is C24H39N2O+. The number of nitrogens with zero attached hydrogens (tertiary/aromatic N) is 1. The first-order valence-electron chi connectivity index (χ1n) is 10.5. The molecule has 0 aliphatic carbocycles. The maximum Gasteiger partial charge on any atom is 0.330 e. The average molecular weight is 372 g/mol. The minimum atomic E-state index is -0.158. The van der Waals surface area contributed by atoms with Crippen molar-refractivity contribution in [3.05, 3.63) is 42.0 Å². The average Bonchev–Trinajstić information content (AvgIpc) is 2.58. The van der Waals surface area contributed by atoms with E-state index in [9.17, 15) is 4.79 Å². The van der Waals surface area contributed by atoms with Crippen molar-refractivity contribution in [3.63, 3.8) is 0 Å². The van der Waals surface area contributed by atoms with Gasteiger partial charge in [-0.1, -0.05) is 56.7 Å². The van der Waals surface area contributed by atoms with Gasteiger partial charge in [-0.3, -0.25) is 0 Å². The Morgan fingerprint density at radius 1 is 1.22 bits per heavy atom. The molecule has 1 fully saturated rings. The van der Waals surface area contributed by atoms with Gasteiger partial charge in [-0.2, -0.15) is 10.0 Å². The largest absolute Gasteiger partial charge is 0.330 e. The topological polar surface area (TPSA) is 29.1 Å². The van der Waals surface area contributed by atoms with E-state index < -0.39 is 0 Å². The van der Waals surface area contributed by atoms with E-state index >= 15 is 0 Å². The lowest BCUT2D eigenvalue weighted by molar-refractivity contribution is -0.993. The van der Waals surface area contributed by atoms with Gasteiger partial charge in [-0.25, -0.2) is 4.79 Å². The SMILES string of the molecule is C=Cc1ccccc1CN[N+]1(C(C)=O)C(C)(C)CC(CCCC)CC1(C)C. The molecule has 1 aliphatic heterocycles. The highest BCUT2D eigenvalue weighted by atomic mass is 16.2. The third-order valence-corrected chi connectivity index (χ3v) is 6.61. The first-order valence-corrected chi connectivity index (χ1v) is 10.5. The lowest BCUT2D eigenvalue weighted by atomic mass is 9.70. The molecule has 0 radical (unpaired) electrons. The van der Waals surface area contributed by atoms with Gasteiger partial charge in [0.2, 0.25) is 0 Å². The molecule has 1 heterocycles. The molecule has 1 N–H and O–H groups in total. The van der Waals surface area contributed by atoms with Crippen LogP contribution in [-0.2, 0) is 11.3 Å². The lowest BCUT2D eigenvalue weighted by Gasteiger charge is -2.60. The number of carbonyl (C=O) groups excluding carboxylic acids is 1. The molecule has 2 rings (SSSR count). The molecule has 3 nitrogen and oxygen atoms in total. The van der Waals surface area contributed by atoms with Gasteiger partial charge in [0, 0.05) is 12.8 Å². The zero-order chi connectivity index (χ0) is 20.3. The number of carbonyl (C=O) groups is 1. The van der Waals surface area contributed by atoms with Crippen LogP contribution in [0.15, 0.2) is 30.8 Å². The van der Waals surface area contributed by atoms with Gasteiger partial charge in [0.25, 0.3) is 0 Å². The summed E-state index contributed by atoms with van der Waals surface area (Å²) in [6, 6.07) is 8.28. The Hall–Kier alpha value is -1.45. The van der Waals surface area contributed by atoms with Gasteiger partial charge in [0.15, 0.2) is 0 Å². The molecule has 1 aromatic carbocycles. The van der Waals surface area contributed by atoms with Gasteiger partial charge in [-0.15, -0.1) is 0 Å². The summed E-state index contributed by atoms with van der Waals surface area (Å²) in [7, 11) is 0. The highest BCUT2D eigenvalue weighted by molar-refractivity contribution is 5.66. The van der Waals surface area contributed by atoms with Gasteiger partial charge in [-0.05, 0) is 51.2 Å². The predicted octanol–water partition coefficient (Wildman–Crippen LogP) is 5.85. The maximum atomic E-state index is 13.1. The molecular weight excluding hydrogens is 332 g/mol. The summed E-state index contributed by atoms with van der Waals surface area (Å²) in [6.07, 6.45) is 7.82. The number of unbranched alkanes of at least 4 members (excludes halogenated alkanes) is 1. The minimum absolute atomic E-state index is 0.158. The first-order chi connectivity index (χ1) is 12.6. The summed E-state index contributed by atoms with van der Waals surface area (Å²) in [5, 5.41) is 0. The third kappa shape index (κ3) is 4.05. The predicted molar refractivity (Wildman–Crippen MR) is 115 cm³/mol. The second-order valence-corrected chi connectivity index (χ2v) is 9.47. The Labute approximate surface area is 166 Å². The second kappa shape index (κ2) is 8.28. The summed E-state index contributed by atoms with van der Waals surface area (Å²) in [5.41, 5.74) is 5.72. The molecule has 0 saturated carbocycles. The molecule has 0 aromatic heterocycles.